The Morgan fingerprint density at radius 1 is 0.906 bits per heavy atom. The van der Waals surface area contributed by atoms with E-state index < -0.39 is 0 Å². The molecule has 7 nitrogen and oxygen atoms in total. The number of carbonyl (C=O) groups is 2. The third-order valence-electron chi connectivity index (χ3n) is 5.08. The molecular weight excluding hydrogens is 422 g/mol. The molecule has 2 amide bonds. The summed E-state index contributed by atoms with van der Waals surface area (Å²) in [5.74, 6) is 0.541. The lowest BCUT2D eigenvalue weighted by atomic mass is 10.1. The quantitative estimate of drug-likeness (QED) is 0.448. The maximum absolute atomic E-state index is 12.6. The number of rotatable bonds is 10. The van der Waals surface area contributed by atoms with Gasteiger partial charge in [-0.2, -0.15) is 0 Å². The van der Waals surface area contributed by atoms with E-state index in [-0.39, 0.29) is 24.0 Å². The van der Waals surface area contributed by atoms with E-state index >= 15 is 0 Å². The van der Waals surface area contributed by atoms with Gasteiger partial charge in [0.05, 0.1) is 12.2 Å². The SMILES string of the molecule is CCc1ccc(NC(=O)CSc2nnc(CC(=O)Nc3ccccc3CC)n2CC)cc1. The molecule has 3 aromatic rings. The molecule has 8 heteroatoms. The predicted octanol–water partition coefficient (Wildman–Crippen LogP) is 4.33. The lowest BCUT2D eigenvalue weighted by Gasteiger charge is -2.10. The maximum atomic E-state index is 12.6. The van der Waals surface area contributed by atoms with E-state index in [4.69, 9.17) is 0 Å². The van der Waals surface area contributed by atoms with Crippen LogP contribution >= 0.6 is 11.8 Å². The summed E-state index contributed by atoms with van der Waals surface area (Å²) in [6.07, 6.45) is 1.92. The van der Waals surface area contributed by atoms with Crippen molar-refractivity contribution >= 4 is 35.0 Å². The highest BCUT2D eigenvalue weighted by molar-refractivity contribution is 7.99. The van der Waals surface area contributed by atoms with Gasteiger partial charge in [-0.15, -0.1) is 10.2 Å². The van der Waals surface area contributed by atoms with E-state index in [1.165, 1.54) is 17.3 Å². The molecular formula is C24H29N5O2S. The number of hydrogen-bond acceptors (Lipinski definition) is 5. The van der Waals surface area contributed by atoms with Crippen molar-refractivity contribution in [3.63, 3.8) is 0 Å². The Kier molecular flexibility index (Phi) is 8.44. The largest absolute Gasteiger partial charge is 0.325 e. The molecule has 0 unspecified atom stereocenters. The Hall–Kier alpha value is -3.13. The van der Waals surface area contributed by atoms with Gasteiger partial charge in [0.2, 0.25) is 11.8 Å². The molecule has 168 valence electrons. The Labute approximate surface area is 193 Å². The lowest BCUT2D eigenvalue weighted by Crippen LogP contribution is -2.18. The summed E-state index contributed by atoms with van der Waals surface area (Å²) >= 11 is 1.31. The van der Waals surface area contributed by atoms with Gasteiger partial charge in [-0.05, 0) is 49.1 Å². The number of para-hydroxylation sites is 1. The normalized spacial score (nSPS) is 10.7. The van der Waals surface area contributed by atoms with Crippen LogP contribution in [-0.4, -0.2) is 32.3 Å². The zero-order valence-electron chi connectivity index (χ0n) is 18.7. The first kappa shape index (κ1) is 23.5. The summed E-state index contributed by atoms with van der Waals surface area (Å²) < 4.78 is 1.87. The summed E-state index contributed by atoms with van der Waals surface area (Å²) in [5, 5.41) is 14.9. The highest BCUT2D eigenvalue weighted by Gasteiger charge is 2.16. The summed E-state index contributed by atoms with van der Waals surface area (Å²) in [7, 11) is 0. The van der Waals surface area contributed by atoms with E-state index in [1.807, 2.05) is 60.0 Å². The lowest BCUT2D eigenvalue weighted by molar-refractivity contribution is -0.116. The van der Waals surface area contributed by atoms with Crippen LogP contribution < -0.4 is 10.6 Å². The van der Waals surface area contributed by atoms with Gasteiger partial charge in [-0.25, -0.2) is 0 Å². The van der Waals surface area contributed by atoms with Crippen molar-refractivity contribution in [2.45, 2.75) is 51.7 Å². The number of nitrogens with one attached hydrogen (secondary N) is 2. The highest BCUT2D eigenvalue weighted by Crippen LogP contribution is 2.20. The molecule has 0 radical (unpaired) electrons. The van der Waals surface area contributed by atoms with E-state index in [9.17, 15) is 9.59 Å². The summed E-state index contributed by atoms with van der Waals surface area (Å²) in [5.41, 5.74) is 3.91. The van der Waals surface area contributed by atoms with Crippen LogP contribution in [0.3, 0.4) is 0 Å². The summed E-state index contributed by atoms with van der Waals surface area (Å²) in [6, 6.07) is 15.6. The number of benzene rings is 2. The van der Waals surface area contributed by atoms with Crippen LogP contribution in [-0.2, 0) is 35.4 Å². The van der Waals surface area contributed by atoms with Crippen molar-refractivity contribution in [2.24, 2.45) is 0 Å². The topological polar surface area (TPSA) is 88.9 Å². The second kappa shape index (κ2) is 11.5. The van der Waals surface area contributed by atoms with Crippen molar-refractivity contribution in [3.05, 3.63) is 65.5 Å². The Bertz CT molecular complexity index is 1060. The Balaban J connectivity index is 1.57. The monoisotopic (exact) mass is 451 g/mol. The predicted molar refractivity (Wildman–Crippen MR) is 129 cm³/mol. The van der Waals surface area contributed by atoms with E-state index in [0.717, 1.165) is 29.8 Å². The first-order valence-corrected chi connectivity index (χ1v) is 11.8. The van der Waals surface area contributed by atoms with Crippen LogP contribution in [0.25, 0.3) is 0 Å². The molecule has 1 heterocycles. The molecule has 0 atom stereocenters. The highest BCUT2D eigenvalue weighted by atomic mass is 32.2. The molecule has 0 aliphatic heterocycles. The van der Waals surface area contributed by atoms with E-state index in [2.05, 4.69) is 34.7 Å². The maximum Gasteiger partial charge on any atom is 0.234 e. The Morgan fingerprint density at radius 2 is 1.66 bits per heavy atom. The van der Waals surface area contributed by atoms with Gasteiger partial charge in [0.1, 0.15) is 5.82 Å². The van der Waals surface area contributed by atoms with Gasteiger partial charge in [0, 0.05) is 17.9 Å². The van der Waals surface area contributed by atoms with Gasteiger partial charge >= 0.3 is 0 Å². The van der Waals surface area contributed by atoms with Crippen molar-refractivity contribution in [1.29, 1.82) is 0 Å². The number of aromatic nitrogens is 3. The second-order valence-electron chi connectivity index (χ2n) is 7.27. The molecule has 0 aliphatic rings. The number of nitrogens with zero attached hydrogens (tertiary/aromatic N) is 3. The number of aryl methyl sites for hydroxylation is 2. The molecule has 2 N–H and O–H groups in total. The van der Waals surface area contributed by atoms with Crippen LogP contribution in [0.2, 0.25) is 0 Å². The van der Waals surface area contributed by atoms with Crippen LogP contribution in [0.5, 0.6) is 0 Å². The van der Waals surface area contributed by atoms with Crippen LogP contribution in [0.4, 0.5) is 11.4 Å². The van der Waals surface area contributed by atoms with Crippen molar-refractivity contribution < 1.29 is 9.59 Å². The molecule has 0 bridgehead atoms. The third-order valence-corrected chi connectivity index (χ3v) is 6.05. The van der Waals surface area contributed by atoms with Crippen LogP contribution in [0.1, 0.15) is 37.7 Å². The average Bonchev–Trinajstić information content (AvgIpc) is 3.19. The minimum Gasteiger partial charge on any atom is -0.325 e. The molecule has 32 heavy (non-hydrogen) atoms. The Morgan fingerprint density at radius 3 is 2.34 bits per heavy atom. The summed E-state index contributed by atoms with van der Waals surface area (Å²) in [4.78, 5) is 24.9. The first-order chi connectivity index (χ1) is 15.5. The fraction of sp³-hybridized carbons (Fsp3) is 0.333. The van der Waals surface area contributed by atoms with Crippen LogP contribution in [0.15, 0.2) is 53.7 Å². The number of carbonyl (C=O) groups excluding carboxylic acids is 2. The minimum atomic E-state index is -0.141. The number of hydrogen-bond donors (Lipinski definition) is 2. The fourth-order valence-electron chi connectivity index (χ4n) is 3.31. The molecule has 3 rings (SSSR count). The van der Waals surface area contributed by atoms with Gasteiger partial charge in [0.25, 0.3) is 0 Å². The fourth-order valence-corrected chi connectivity index (χ4v) is 4.13. The molecule has 0 spiro atoms. The van der Waals surface area contributed by atoms with Gasteiger partial charge in [-0.3, -0.25) is 9.59 Å². The van der Waals surface area contributed by atoms with Gasteiger partial charge < -0.3 is 15.2 Å². The molecule has 2 aromatic carbocycles. The number of anilines is 2. The number of amides is 2. The van der Waals surface area contributed by atoms with E-state index in [0.29, 0.717) is 17.5 Å². The second-order valence-corrected chi connectivity index (χ2v) is 8.21. The van der Waals surface area contributed by atoms with Gasteiger partial charge in [0.15, 0.2) is 5.16 Å². The standard InChI is InChI=1S/C24H29N5O2S/c1-4-17-11-13-19(14-12-17)25-23(31)16-32-24-28-27-21(29(24)6-3)15-22(30)26-20-10-8-7-9-18(20)5-2/h7-14H,4-6,15-16H2,1-3H3,(H,25,31)(H,26,30). The smallest absolute Gasteiger partial charge is 0.234 e. The van der Waals surface area contributed by atoms with Crippen molar-refractivity contribution in [3.8, 4) is 0 Å². The van der Waals surface area contributed by atoms with Gasteiger partial charge in [-0.1, -0.05) is 55.9 Å². The van der Waals surface area contributed by atoms with Crippen LogP contribution in [0, 0.1) is 0 Å². The summed E-state index contributed by atoms with van der Waals surface area (Å²) in [6.45, 7) is 6.73. The minimum absolute atomic E-state index is 0.111. The zero-order chi connectivity index (χ0) is 22.9. The molecule has 1 aromatic heterocycles. The van der Waals surface area contributed by atoms with Crippen molar-refractivity contribution in [2.75, 3.05) is 16.4 Å². The van der Waals surface area contributed by atoms with E-state index in [1.54, 1.807) is 0 Å². The molecule has 0 fully saturated rings. The first-order valence-electron chi connectivity index (χ1n) is 10.8. The average molecular weight is 452 g/mol. The molecule has 0 aliphatic carbocycles. The third kappa shape index (κ3) is 6.20. The number of thioether (sulfide) groups is 1. The van der Waals surface area contributed by atoms with Crippen molar-refractivity contribution in [1.82, 2.24) is 14.8 Å². The molecule has 0 saturated carbocycles. The molecule has 0 saturated heterocycles. The zero-order valence-corrected chi connectivity index (χ0v) is 19.5.